The number of aromatic nitrogens is 4. The molecule has 0 N–H and O–H groups in total. The van der Waals surface area contributed by atoms with E-state index in [1.54, 1.807) is 16.3 Å². The highest BCUT2D eigenvalue weighted by Gasteiger charge is 2.16. The first-order valence-corrected chi connectivity index (χ1v) is 10.7. The molecule has 0 aliphatic carbocycles. The second-order valence-corrected chi connectivity index (χ2v) is 8.22. The summed E-state index contributed by atoms with van der Waals surface area (Å²) >= 11 is 5.09. The lowest BCUT2D eigenvalue weighted by Crippen LogP contribution is -2.23. The second-order valence-electron chi connectivity index (χ2n) is 6.36. The molecular weight excluding hydrogens is 424 g/mol. The maximum Gasteiger partial charge on any atom is 0.262 e. The summed E-state index contributed by atoms with van der Waals surface area (Å²) in [4.78, 5) is 12.9. The summed E-state index contributed by atoms with van der Waals surface area (Å²) in [6, 6.07) is 15.9. The molecule has 0 saturated heterocycles. The van der Waals surface area contributed by atoms with Gasteiger partial charge in [0.1, 0.15) is 0 Å². The Morgan fingerprint density at radius 1 is 1.07 bits per heavy atom. The molecule has 2 heterocycles. The second kappa shape index (κ2) is 7.86. The van der Waals surface area contributed by atoms with E-state index in [0.717, 1.165) is 33.7 Å². The summed E-state index contributed by atoms with van der Waals surface area (Å²) in [5.74, 6) is 1.40. The van der Waals surface area contributed by atoms with Crippen molar-refractivity contribution in [2.24, 2.45) is 0 Å². The molecule has 0 saturated carbocycles. The zero-order valence-electron chi connectivity index (χ0n) is 14.9. The van der Waals surface area contributed by atoms with Crippen LogP contribution in [0.1, 0.15) is 25.3 Å². The number of para-hydroxylation sites is 1. The Kier molecular flexibility index (Phi) is 5.31. The van der Waals surface area contributed by atoms with Gasteiger partial charge >= 0.3 is 0 Å². The van der Waals surface area contributed by atoms with Crippen LogP contribution >= 0.6 is 27.7 Å². The molecule has 27 heavy (non-hydrogen) atoms. The number of nitrogens with zero attached hydrogens (tertiary/aromatic N) is 4. The average molecular weight is 443 g/mol. The van der Waals surface area contributed by atoms with E-state index in [2.05, 4.69) is 45.2 Å². The lowest BCUT2D eigenvalue weighted by molar-refractivity contribution is 0.620. The van der Waals surface area contributed by atoms with Crippen LogP contribution in [-0.4, -0.2) is 19.2 Å². The molecule has 0 amide bonds. The number of aryl methyl sites for hydroxylation is 1. The van der Waals surface area contributed by atoms with Gasteiger partial charge in [-0.15, -0.1) is 10.2 Å². The summed E-state index contributed by atoms with van der Waals surface area (Å²) < 4.78 is 4.83. The van der Waals surface area contributed by atoms with Crippen LogP contribution in [0.3, 0.4) is 0 Å². The molecule has 0 unspecified atom stereocenters. The molecule has 4 rings (SSSR count). The Bertz CT molecular complexity index is 1150. The lowest BCUT2D eigenvalue weighted by Gasteiger charge is -2.10. The van der Waals surface area contributed by atoms with E-state index >= 15 is 0 Å². The summed E-state index contributed by atoms with van der Waals surface area (Å²) in [5.41, 5.74) is 2.07. The van der Waals surface area contributed by atoms with Gasteiger partial charge in [0.15, 0.2) is 5.16 Å². The smallest absolute Gasteiger partial charge is 0.262 e. The summed E-state index contributed by atoms with van der Waals surface area (Å²) in [6.07, 6.45) is 1.95. The molecule has 5 nitrogen and oxygen atoms in total. The highest BCUT2D eigenvalue weighted by molar-refractivity contribution is 9.10. The van der Waals surface area contributed by atoms with Gasteiger partial charge in [0, 0.05) is 16.8 Å². The molecule has 0 fully saturated rings. The Balaban J connectivity index is 1.81. The van der Waals surface area contributed by atoms with Crippen molar-refractivity contribution in [2.75, 3.05) is 0 Å². The average Bonchev–Trinajstić information content (AvgIpc) is 3.11. The Morgan fingerprint density at radius 3 is 2.63 bits per heavy atom. The molecule has 0 radical (unpaired) electrons. The maximum atomic E-state index is 12.9. The number of halogens is 1. The van der Waals surface area contributed by atoms with Crippen molar-refractivity contribution >= 4 is 44.4 Å². The van der Waals surface area contributed by atoms with Gasteiger partial charge in [-0.3, -0.25) is 13.8 Å². The van der Waals surface area contributed by atoms with Crippen LogP contribution in [0.5, 0.6) is 0 Å². The molecule has 138 valence electrons. The van der Waals surface area contributed by atoms with Crippen molar-refractivity contribution in [1.29, 1.82) is 0 Å². The minimum Gasteiger partial charge on any atom is -0.276 e. The molecule has 0 atom stereocenters. The van der Waals surface area contributed by atoms with Gasteiger partial charge in [-0.2, -0.15) is 0 Å². The quantitative estimate of drug-likeness (QED) is 0.398. The molecule has 4 aromatic rings. The van der Waals surface area contributed by atoms with Gasteiger partial charge in [-0.05, 0) is 36.2 Å². The van der Waals surface area contributed by atoms with Crippen molar-refractivity contribution in [3.63, 3.8) is 0 Å². The highest BCUT2D eigenvalue weighted by atomic mass is 79.9. The fraction of sp³-hybridized carbons (Fsp3) is 0.250. The van der Waals surface area contributed by atoms with Gasteiger partial charge < -0.3 is 0 Å². The molecule has 0 spiro atoms. The van der Waals surface area contributed by atoms with Gasteiger partial charge in [-0.1, -0.05) is 65.3 Å². The van der Waals surface area contributed by atoms with Crippen molar-refractivity contribution in [2.45, 2.75) is 37.2 Å². The molecule has 0 aliphatic rings. The topological polar surface area (TPSA) is 52.2 Å². The maximum absolute atomic E-state index is 12.9. The minimum absolute atomic E-state index is 0.00316. The van der Waals surface area contributed by atoms with Crippen LogP contribution in [-0.2, 0) is 12.3 Å². The molecule has 2 aromatic carbocycles. The monoisotopic (exact) mass is 442 g/mol. The van der Waals surface area contributed by atoms with Crippen LogP contribution in [0.2, 0.25) is 0 Å². The third kappa shape index (κ3) is 3.53. The van der Waals surface area contributed by atoms with Gasteiger partial charge in [0.05, 0.1) is 10.9 Å². The standard InChI is InChI=1S/C20H19BrN4OS/c1-2-3-12-24-18(26)16-6-4-5-7-17(16)25-19(24)22-23-20(25)27-13-14-8-10-15(21)11-9-14/h4-11H,2-3,12-13H2,1H3. The van der Waals surface area contributed by atoms with Crippen LogP contribution in [0.25, 0.3) is 16.7 Å². The first-order valence-electron chi connectivity index (χ1n) is 8.93. The third-order valence-electron chi connectivity index (χ3n) is 4.49. The molecule has 7 heteroatoms. The molecule has 2 aromatic heterocycles. The van der Waals surface area contributed by atoms with E-state index in [1.807, 2.05) is 40.8 Å². The van der Waals surface area contributed by atoms with E-state index in [1.165, 1.54) is 5.56 Å². The third-order valence-corrected chi connectivity index (χ3v) is 6.02. The Morgan fingerprint density at radius 2 is 1.85 bits per heavy atom. The first-order chi connectivity index (χ1) is 13.2. The summed E-state index contributed by atoms with van der Waals surface area (Å²) in [7, 11) is 0. The summed E-state index contributed by atoms with van der Waals surface area (Å²) in [6.45, 7) is 2.77. The van der Waals surface area contributed by atoms with E-state index < -0.39 is 0 Å². The fourth-order valence-electron chi connectivity index (χ4n) is 3.07. The van der Waals surface area contributed by atoms with Gasteiger partial charge in [-0.25, -0.2) is 0 Å². The Labute approximate surface area is 169 Å². The number of hydrogen-bond donors (Lipinski definition) is 0. The van der Waals surface area contributed by atoms with E-state index in [4.69, 9.17) is 0 Å². The number of hydrogen-bond acceptors (Lipinski definition) is 4. The van der Waals surface area contributed by atoms with Crippen LogP contribution in [0, 0.1) is 0 Å². The zero-order valence-corrected chi connectivity index (χ0v) is 17.3. The highest BCUT2D eigenvalue weighted by Crippen LogP contribution is 2.25. The number of unbranched alkanes of at least 4 members (excludes halogenated alkanes) is 1. The largest absolute Gasteiger partial charge is 0.276 e. The number of thioether (sulfide) groups is 1. The predicted molar refractivity (Wildman–Crippen MR) is 113 cm³/mol. The minimum atomic E-state index is 0.00316. The fourth-order valence-corrected chi connectivity index (χ4v) is 4.23. The van der Waals surface area contributed by atoms with Crippen molar-refractivity contribution in [3.05, 3.63) is 68.9 Å². The van der Waals surface area contributed by atoms with Crippen LogP contribution < -0.4 is 5.56 Å². The van der Waals surface area contributed by atoms with Gasteiger partial charge in [0.25, 0.3) is 5.56 Å². The van der Waals surface area contributed by atoms with Gasteiger partial charge in [0.2, 0.25) is 5.78 Å². The summed E-state index contributed by atoms with van der Waals surface area (Å²) in [5, 5.41) is 10.3. The van der Waals surface area contributed by atoms with Crippen LogP contribution in [0.15, 0.2) is 63.0 Å². The number of fused-ring (bicyclic) bond motifs is 3. The molecular formula is C20H19BrN4OS. The predicted octanol–water partition coefficient (Wildman–Crippen LogP) is 4.90. The van der Waals surface area contributed by atoms with Crippen molar-refractivity contribution < 1.29 is 0 Å². The molecule has 0 bridgehead atoms. The van der Waals surface area contributed by atoms with Crippen molar-refractivity contribution in [3.8, 4) is 0 Å². The van der Waals surface area contributed by atoms with Crippen molar-refractivity contribution in [1.82, 2.24) is 19.2 Å². The van der Waals surface area contributed by atoms with E-state index in [0.29, 0.717) is 17.7 Å². The Hall–Kier alpha value is -2.12. The van der Waals surface area contributed by atoms with E-state index in [-0.39, 0.29) is 5.56 Å². The lowest BCUT2D eigenvalue weighted by atomic mass is 10.2. The SMILES string of the molecule is CCCCn1c(=O)c2ccccc2n2c(SCc3ccc(Br)cc3)nnc12. The van der Waals surface area contributed by atoms with E-state index in [9.17, 15) is 4.79 Å². The molecule has 0 aliphatic heterocycles. The first kappa shape index (κ1) is 18.3. The zero-order chi connectivity index (χ0) is 18.8. The number of benzene rings is 2. The van der Waals surface area contributed by atoms with Crippen LogP contribution in [0.4, 0.5) is 0 Å². The number of rotatable bonds is 6. The normalized spacial score (nSPS) is 11.5.